The highest BCUT2D eigenvalue weighted by atomic mass is 16.4. The largest absolute Gasteiger partial charge is 0.480 e. The van der Waals surface area contributed by atoms with E-state index in [1.54, 1.807) is 0 Å². The van der Waals surface area contributed by atoms with E-state index >= 15 is 0 Å². The van der Waals surface area contributed by atoms with E-state index in [9.17, 15) is 9.59 Å². The zero-order valence-corrected chi connectivity index (χ0v) is 13.1. The fourth-order valence-corrected chi connectivity index (χ4v) is 2.70. The topological polar surface area (TPSA) is 73.4 Å². The highest BCUT2D eigenvalue weighted by Crippen LogP contribution is 2.22. The number of carboxylic acid groups (broad SMARTS) is 1. The zero-order chi connectivity index (χ0) is 16.1. The van der Waals surface area contributed by atoms with E-state index in [2.05, 4.69) is 4.98 Å². The van der Waals surface area contributed by atoms with E-state index in [4.69, 9.17) is 5.11 Å². The summed E-state index contributed by atoms with van der Waals surface area (Å²) in [6.45, 7) is 4.24. The van der Waals surface area contributed by atoms with Gasteiger partial charge in [0, 0.05) is 30.1 Å². The van der Waals surface area contributed by atoms with Crippen LogP contribution in [-0.4, -0.2) is 40.0 Å². The standard InChI is InChI=1S/C17H22N2O3/c1-3-9-19(11-16(21)22)15(20)8-7-13-10-18-17-12(2)5-4-6-14(13)17/h4-6,10,18H,3,7-9,11H2,1-2H3,(H,21,22). The Balaban J connectivity index is 2.05. The monoisotopic (exact) mass is 302 g/mol. The molecule has 0 saturated carbocycles. The molecular formula is C17H22N2O3. The van der Waals surface area contributed by atoms with Crippen LogP contribution in [0.15, 0.2) is 24.4 Å². The van der Waals surface area contributed by atoms with Crippen molar-refractivity contribution in [1.82, 2.24) is 9.88 Å². The van der Waals surface area contributed by atoms with Gasteiger partial charge in [-0.05, 0) is 30.9 Å². The van der Waals surface area contributed by atoms with Crippen LogP contribution in [0.4, 0.5) is 0 Å². The van der Waals surface area contributed by atoms with Crippen LogP contribution in [-0.2, 0) is 16.0 Å². The highest BCUT2D eigenvalue weighted by Gasteiger charge is 2.16. The molecule has 5 nitrogen and oxygen atoms in total. The smallest absolute Gasteiger partial charge is 0.323 e. The number of aromatic nitrogens is 1. The molecule has 0 fully saturated rings. The first-order valence-corrected chi connectivity index (χ1v) is 7.58. The number of H-pyrrole nitrogens is 1. The maximum Gasteiger partial charge on any atom is 0.323 e. The number of fused-ring (bicyclic) bond motifs is 1. The number of rotatable bonds is 7. The minimum Gasteiger partial charge on any atom is -0.480 e. The van der Waals surface area contributed by atoms with Gasteiger partial charge in [-0.1, -0.05) is 25.1 Å². The zero-order valence-electron chi connectivity index (χ0n) is 13.1. The predicted octanol–water partition coefficient (Wildman–Crippen LogP) is 2.73. The molecule has 0 aliphatic heterocycles. The molecule has 2 N–H and O–H groups in total. The molecule has 2 aromatic rings. The van der Waals surface area contributed by atoms with Crippen molar-refractivity contribution in [2.75, 3.05) is 13.1 Å². The van der Waals surface area contributed by atoms with Gasteiger partial charge in [0.2, 0.25) is 5.91 Å². The SMILES string of the molecule is CCCN(CC(=O)O)C(=O)CCc1c[nH]c2c(C)cccc12. The predicted molar refractivity (Wildman–Crippen MR) is 85.9 cm³/mol. The molecule has 0 bridgehead atoms. The van der Waals surface area contributed by atoms with Crippen molar-refractivity contribution in [3.05, 3.63) is 35.5 Å². The number of carboxylic acids is 1. The van der Waals surface area contributed by atoms with Crippen LogP contribution in [0.3, 0.4) is 0 Å². The number of aliphatic carboxylic acids is 1. The van der Waals surface area contributed by atoms with Crippen molar-refractivity contribution in [2.45, 2.75) is 33.1 Å². The molecule has 22 heavy (non-hydrogen) atoms. The van der Waals surface area contributed by atoms with Crippen molar-refractivity contribution in [2.24, 2.45) is 0 Å². The molecule has 0 aliphatic rings. The van der Waals surface area contributed by atoms with Crippen molar-refractivity contribution in [3.63, 3.8) is 0 Å². The molecule has 1 aromatic heterocycles. The molecule has 2 rings (SSSR count). The number of hydrogen-bond donors (Lipinski definition) is 2. The molecule has 5 heteroatoms. The minimum atomic E-state index is -0.968. The first-order chi connectivity index (χ1) is 10.5. The van der Waals surface area contributed by atoms with Gasteiger partial charge in [-0.15, -0.1) is 0 Å². The van der Waals surface area contributed by atoms with Gasteiger partial charge in [-0.25, -0.2) is 0 Å². The summed E-state index contributed by atoms with van der Waals surface area (Å²) in [7, 11) is 0. The van der Waals surface area contributed by atoms with Crippen LogP contribution >= 0.6 is 0 Å². The number of carbonyl (C=O) groups is 2. The first-order valence-electron chi connectivity index (χ1n) is 7.58. The maximum atomic E-state index is 12.2. The Labute approximate surface area is 129 Å². The number of aryl methyl sites for hydroxylation is 2. The lowest BCUT2D eigenvalue weighted by Gasteiger charge is -2.19. The van der Waals surface area contributed by atoms with Gasteiger partial charge in [-0.2, -0.15) is 0 Å². The van der Waals surface area contributed by atoms with Gasteiger partial charge in [0.15, 0.2) is 0 Å². The Hall–Kier alpha value is -2.30. The van der Waals surface area contributed by atoms with Gasteiger partial charge < -0.3 is 15.0 Å². The second-order valence-corrected chi connectivity index (χ2v) is 5.52. The third-order valence-electron chi connectivity index (χ3n) is 3.79. The lowest BCUT2D eigenvalue weighted by atomic mass is 10.1. The number of carbonyl (C=O) groups excluding carboxylic acids is 1. The molecule has 118 valence electrons. The number of nitrogens with one attached hydrogen (secondary N) is 1. The third kappa shape index (κ3) is 3.67. The van der Waals surface area contributed by atoms with Crippen molar-refractivity contribution < 1.29 is 14.7 Å². The van der Waals surface area contributed by atoms with Gasteiger partial charge in [0.1, 0.15) is 6.54 Å². The molecule has 0 atom stereocenters. The van der Waals surface area contributed by atoms with Crippen LogP contribution in [0.5, 0.6) is 0 Å². The molecule has 1 heterocycles. The second kappa shape index (κ2) is 7.11. The van der Waals surface area contributed by atoms with E-state index in [1.807, 2.05) is 38.2 Å². The van der Waals surface area contributed by atoms with Crippen LogP contribution in [0, 0.1) is 6.92 Å². The number of aromatic amines is 1. The number of para-hydroxylation sites is 1. The van der Waals surface area contributed by atoms with Gasteiger partial charge in [0.25, 0.3) is 0 Å². The fraction of sp³-hybridized carbons (Fsp3) is 0.412. The van der Waals surface area contributed by atoms with Gasteiger partial charge in [-0.3, -0.25) is 9.59 Å². The van der Waals surface area contributed by atoms with Crippen LogP contribution in [0.1, 0.15) is 30.9 Å². The summed E-state index contributed by atoms with van der Waals surface area (Å²) in [5.74, 6) is -1.07. The molecule has 1 amide bonds. The van der Waals surface area contributed by atoms with Crippen molar-refractivity contribution in [1.29, 1.82) is 0 Å². The van der Waals surface area contributed by atoms with E-state index in [0.717, 1.165) is 22.9 Å². The van der Waals surface area contributed by atoms with Crippen molar-refractivity contribution in [3.8, 4) is 0 Å². The Morgan fingerprint density at radius 1 is 1.32 bits per heavy atom. The molecule has 0 saturated heterocycles. The highest BCUT2D eigenvalue weighted by molar-refractivity contribution is 5.87. The molecule has 0 aliphatic carbocycles. The summed E-state index contributed by atoms with van der Waals surface area (Å²) < 4.78 is 0. The Morgan fingerprint density at radius 2 is 2.09 bits per heavy atom. The average molecular weight is 302 g/mol. The van der Waals surface area contributed by atoms with Crippen LogP contribution in [0.2, 0.25) is 0 Å². The van der Waals surface area contributed by atoms with E-state index in [-0.39, 0.29) is 12.5 Å². The van der Waals surface area contributed by atoms with Crippen LogP contribution in [0.25, 0.3) is 10.9 Å². The third-order valence-corrected chi connectivity index (χ3v) is 3.79. The summed E-state index contributed by atoms with van der Waals surface area (Å²) in [5, 5.41) is 10.0. The summed E-state index contributed by atoms with van der Waals surface area (Å²) in [5.41, 5.74) is 3.37. The Bertz CT molecular complexity index is 676. The summed E-state index contributed by atoms with van der Waals surface area (Å²) in [6, 6.07) is 6.09. The van der Waals surface area contributed by atoms with Crippen molar-refractivity contribution >= 4 is 22.8 Å². The van der Waals surface area contributed by atoms with E-state index < -0.39 is 5.97 Å². The lowest BCUT2D eigenvalue weighted by molar-refractivity contribution is -0.144. The van der Waals surface area contributed by atoms with E-state index in [1.165, 1.54) is 10.5 Å². The van der Waals surface area contributed by atoms with Crippen LogP contribution < -0.4 is 0 Å². The Kier molecular flexibility index (Phi) is 5.20. The lowest BCUT2D eigenvalue weighted by Crippen LogP contribution is -2.36. The summed E-state index contributed by atoms with van der Waals surface area (Å²) in [4.78, 5) is 27.7. The second-order valence-electron chi connectivity index (χ2n) is 5.52. The van der Waals surface area contributed by atoms with Gasteiger partial charge >= 0.3 is 5.97 Å². The molecule has 0 radical (unpaired) electrons. The maximum absolute atomic E-state index is 12.2. The molecular weight excluding hydrogens is 280 g/mol. The number of amides is 1. The minimum absolute atomic E-state index is 0.105. The number of hydrogen-bond acceptors (Lipinski definition) is 2. The van der Waals surface area contributed by atoms with E-state index in [0.29, 0.717) is 19.4 Å². The summed E-state index contributed by atoms with van der Waals surface area (Å²) in [6.07, 6.45) is 3.63. The first kappa shape index (κ1) is 16.1. The fourth-order valence-electron chi connectivity index (χ4n) is 2.70. The summed E-state index contributed by atoms with van der Waals surface area (Å²) >= 11 is 0. The number of benzene rings is 1. The molecule has 0 spiro atoms. The normalized spacial score (nSPS) is 10.8. The number of nitrogens with zero attached hydrogens (tertiary/aromatic N) is 1. The average Bonchev–Trinajstić information content (AvgIpc) is 2.88. The Morgan fingerprint density at radius 3 is 2.77 bits per heavy atom. The molecule has 0 unspecified atom stereocenters. The quantitative estimate of drug-likeness (QED) is 0.826. The van der Waals surface area contributed by atoms with Gasteiger partial charge in [0.05, 0.1) is 0 Å². The molecule has 1 aromatic carbocycles.